The number of hydrogen-bond acceptors (Lipinski definition) is 5. The van der Waals surface area contributed by atoms with E-state index in [0.29, 0.717) is 17.2 Å². The highest BCUT2D eigenvalue weighted by Crippen LogP contribution is 2.24. The lowest BCUT2D eigenvalue weighted by atomic mass is 9.94. The number of aromatic nitrogens is 2. The van der Waals surface area contributed by atoms with Crippen LogP contribution in [-0.2, 0) is 10.8 Å². The van der Waals surface area contributed by atoms with Gasteiger partial charge in [0.1, 0.15) is 0 Å². The zero-order valence-corrected chi connectivity index (χ0v) is 15.6. The summed E-state index contributed by atoms with van der Waals surface area (Å²) < 4.78 is 17.5. The number of benzene rings is 1. The predicted molar refractivity (Wildman–Crippen MR) is 99.3 cm³/mol. The maximum absolute atomic E-state index is 12.5. The van der Waals surface area contributed by atoms with E-state index in [1.54, 1.807) is 24.3 Å². The average Bonchev–Trinajstić information content (AvgIpc) is 3.08. The zero-order valence-electron chi connectivity index (χ0n) is 14.0. The van der Waals surface area contributed by atoms with Crippen LogP contribution in [0.5, 0.6) is 0 Å². The van der Waals surface area contributed by atoms with Crippen molar-refractivity contribution in [3.8, 4) is 11.5 Å². The molecule has 1 saturated carbocycles. The second-order valence-electron chi connectivity index (χ2n) is 6.07. The van der Waals surface area contributed by atoms with Crippen LogP contribution in [0.4, 0.5) is 0 Å². The summed E-state index contributed by atoms with van der Waals surface area (Å²) in [6.45, 7) is 1.93. The summed E-state index contributed by atoms with van der Waals surface area (Å²) >= 11 is 4.86. The number of carbonyl (C=O) groups excluding carboxylic acids is 1. The van der Waals surface area contributed by atoms with Gasteiger partial charge in [-0.05, 0) is 49.3 Å². The fourth-order valence-electron chi connectivity index (χ4n) is 3.16. The highest BCUT2D eigenvalue weighted by molar-refractivity contribution is 7.85. The summed E-state index contributed by atoms with van der Waals surface area (Å²) in [5.41, 5.74) is 1.30. The van der Waals surface area contributed by atoms with Crippen molar-refractivity contribution in [3.63, 3.8) is 0 Å². The lowest BCUT2D eigenvalue weighted by Gasteiger charge is -2.31. The molecule has 0 spiro atoms. The van der Waals surface area contributed by atoms with Gasteiger partial charge in [-0.25, -0.2) is 5.10 Å². The first-order valence-electron chi connectivity index (χ1n) is 8.42. The average molecular weight is 380 g/mol. The summed E-state index contributed by atoms with van der Waals surface area (Å²) in [7, 11) is -0.891. The number of carbonyl (C=O) groups is 1. The highest BCUT2D eigenvalue weighted by Gasteiger charge is 2.30. The van der Waals surface area contributed by atoms with Gasteiger partial charge in [0.2, 0.25) is 5.89 Å². The molecule has 8 heteroatoms. The van der Waals surface area contributed by atoms with E-state index in [9.17, 15) is 9.00 Å². The molecule has 2 aromatic rings. The summed E-state index contributed by atoms with van der Waals surface area (Å²) in [4.78, 5) is 12.8. The first kappa shape index (κ1) is 18.0. The molecule has 0 unspecified atom stereocenters. The van der Waals surface area contributed by atoms with E-state index in [1.165, 1.54) is 0 Å². The summed E-state index contributed by atoms with van der Waals surface area (Å²) in [5, 5.41) is 9.65. The van der Waals surface area contributed by atoms with Gasteiger partial charge in [-0.15, -0.1) is 5.10 Å². The largest absolute Gasteiger partial charge is 0.409 e. The lowest BCUT2D eigenvalue weighted by Crippen LogP contribution is -2.47. The second kappa shape index (κ2) is 8.05. The quantitative estimate of drug-likeness (QED) is 0.779. The van der Waals surface area contributed by atoms with Gasteiger partial charge >= 0.3 is 0 Å². The fraction of sp³-hybridized carbons (Fsp3) is 0.471. The SMILES string of the molecule is CC[S@@](=O)[C@@H]1CCCC[C@@H]1NC(=O)c1ccc(-c2n[nH]c(=S)o2)cc1. The minimum Gasteiger partial charge on any atom is -0.409 e. The fourth-order valence-corrected chi connectivity index (χ4v) is 4.71. The minimum absolute atomic E-state index is 0.0224. The van der Waals surface area contributed by atoms with Crippen LogP contribution in [-0.4, -0.2) is 37.4 Å². The molecule has 0 saturated heterocycles. The number of rotatable bonds is 5. The van der Waals surface area contributed by atoms with Gasteiger partial charge in [0, 0.05) is 33.7 Å². The number of nitrogens with one attached hydrogen (secondary N) is 2. The van der Waals surface area contributed by atoms with Crippen molar-refractivity contribution < 1.29 is 13.4 Å². The molecule has 0 radical (unpaired) electrons. The summed E-state index contributed by atoms with van der Waals surface area (Å²) in [6, 6.07) is 6.97. The van der Waals surface area contributed by atoms with Crippen molar-refractivity contribution in [2.24, 2.45) is 0 Å². The number of amides is 1. The molecule has 3 atom stereocenters. The third-order valence-corrected chi connectivity index (χ3v) is 6.46. The van der Waals surface area contributed by atoms with E-state index in [4.69, 9.17) is 16.6 Å². The number of nitrogens with zero attached hydrogens (tertiary/aromatic N) is 1. The monoisotopic (exact) mass is 379 g/mol. The molecule has 1 fully saturated rings. The van der Waals surface area contributed by atoms with Gasteiger partial charge in [-0.3, -0.25) is 9.00 Å². The molecule has 134 valence electrons. The highest BCUT2D eigenvalue weighted by atomic mass is 32.2. The van der Waals surface area contributed by atoms with Crippen LogP contribution in [0.2, 0.25) is 0 Å². The minimum atomic E-state index is -0.891. The molecule has 1 aromatic carbocycles. The molecule has 1 heterocycles. The molecule has 0 aliphatic heterocycles. The maximum atomic E-state index is 12.5. The van der Waals surface area contributed by atoms with Crippen LogP contribution in [0, 0.1) is 4.84 Å². The maximum Gasteiger partial charge on any atom is 0.284 e. The van der Waals surface area contributed by atoms with Crippen molar-refractivity contribution >= 4 is 28.9 Å². The van der Waals surface area contributed by atoms with E-state index in [1.807, 2.05) is 6.92 Å². The molecule has 1 aliphatic carbocycles. The molecule has 1 amide bonds. The smallest absolute Gasteiger partial charge is 0.284 e. The van der Waals surface area contributed by atoms with Crippen molar-refractivity contribution in [2.75, 3.05) is 5.75 Å². The molecular weight excluding hydrogens is 358 g/mol. The molecule has 25 heavy (non-hydrogen) atoms. The standard InChI is InChI=1S/C17H21N3O3S2/c1-2-25(22)14-6-4-3-5-13(14)18-15(21)11-7-9-12(10-8-11)16-19-20-17(24)23-16/h7-10,13-14H,2-6H2,1H3,(H,18,21)(H,20,24)/t13-,14+,25+/m0/s1. The van der Waals surface area contributed by atoms with Crippen molar-refractivity contribution in [1.29, 1.82) is 0 Å². The predicted octanol–water partition coefficient (Wildman–Crippen LogP) is 3.21. The van der Waals surface area contributed by atoms with Crippen LogP contribution < -0.4 is 5.32 Å². The van der Waals surface area contributed by atoms with Gasteiger partial charge < -0.3 is 9.73 Å². The van der Waals surface area contributed by atoms with E-state index in [-0.39, 0.29) is 22.0 Å². The van der Waals surface area contributed by atoms with E-state index < -0.39 is 10.8 Å². The van der Waals surface area contributed by atoms with Crippen LogP contribution in [0.15, 0.2) is 28.7 Å². The third kappa shape index (κ3) is 4.24. The van der Waals surface area contributed by atoms with Gasteiger partial charge in [-0.2, -0.15) is 0 Å². The topological polar surface area (TPSA) is 88.0 Å². The lowest BCUT2D eigenvalue weighted by molar-refractivity contribution is 0.0929. The number of H-pyrrole nitrogens is 1. The molecule has 1 aliphatic rings. The van der Waals surface area contributed by atoms with E-state index >= 15 is 0 Å². The van der Waals surface area contributed by atoms with Crippen molar-refractivity contribution in [2.45, 2.75) is 43.9 Å². The Morgan fingerprint density at radius 2 is 2.08 bits per heavy atom. The van der Waals surface area contributed by atoms with Crippen LogP contribution >= 0.6 is 12.2 Å². The number of hydrogen-bond donors (Lipinski definition) is 2. The Hall–Kier alpha value is -1.80. The third-order valence-electron chi connectivity index (χ3n) is 4.47. The van der Waals surface area contributed by atoms with E-state index in [2.05, 4.69) is 15.5 Å². The molecule has 1 aromatic heterocycles. The Morgan fingerprint density at radius 3 is 2.72 bits per heavy atom. The van der Waals surface area contributed by atoms with Gasteiger partial charge in [0.05, 0.1) is 5.25 Å². The first-order chi connectivity index (χ1) is 12.1. The zero-order chi connectivity index (χ0) is 17.8. The Balaban J connectivity index is 1.70. The Labute approximate surface area is 153 Å². The molecule has 6 nitrogen and oxygen atoms in total. The molecule has 2 N–H and O–H groups in total. The van der Waals surface area contributed by atoms with E-state index in [0.717, 1.165) is 31.2 Å². The Kier molecular flexibility index (Phi) is 5.80. The van der Waals surface area contributed by atoms with Crippen molar-refractivity contribution in [3.05, 3.63) is 34.7 Å². The normalized spacial score (nSPS) is 21.6. The number of aromatic amines is 1. The summed E-state index contributed by atoms with van der Waals surface area (Å²) in [5.74, 6) is 0.881. The molecular formula is C17H21N3O3S2. The van der Waals surface area contributed by atoms with Crippen LogP contribution in [0.3, 0.4) is 0 Å². The Bertz CT molecular complexity index is 813. The van der Waals surface area contributed by atoms with Gasteiger partial charge in [0.15, 0.2) is 0 Å². The first-order valence-corrected chi connectivity index (χ1v) is 10.2. The van der Waals surface area contributed by atoms with Gasteiger partial charge in [-0.1, -0.05) is 19.8 Å². The van der Waals surface area contributed by atoms with Crippen molar-refractivity contribution in [1.82, 2.24) is 15.5 Å². The van der Waals surface area contributed by atoms with Crippen LogP contribution in [0.25, 0.3) is 11.5 Å². The molecule has 3 rings (SSSR count). The summed E-state index contributed by atoms with van der Waals surface area (Å²) in [6.07, 6.45) is 3.93. The van der Waals surface area contributed by atoms with Crippen LogP contribution in [0.1, 0.15) is 43.0 Å². The Morgan fingerprint density at radius 1 is 1.36 bits per heavy atom. The second-order valence-corrected chi connectivity index (χ2v) is 8.38. The molecule has 0 bridgehead atoms. The van der Waals surface area contributed by atoms with Gasteiger partial charge in [0.25, 0.3) is 10.7 Å².